The van der Waals surface area contributed by atoms with Gasteiger partial charge in [-0.2, -0.15) is 0 Å². The third kappa shape index (κ3) is 4.46. The molecule has 0 aliphatic heterocycles. The topological polar surface area (TPSA) is 71.1 Å². The van der Waals surface area contributed by atoms with Crippen LogP contribution in [-0.2, 0) is 37.7 Å². The van der Waals surface area contributed by atoms with Crippen LogP contribution in [0.25, 0.3) is 11.1 Å². The molecule has 4 aromatic rings. The molecule has 0 unspecified atom stereocenters. The fourth-order valence-corrected chi connectivity index (χ4v) is 6.06. The van der Waals surface area contributed by atoms with Gasteiger partial charge in [-0.15, -0.1) is 0 Å². The molecule has 198 valence electrons. The minimum absolute atomic E-state index is 0.0731. The van der Waals surface area contributed by atoms with Crippen molar-refractivity contribution in [2.45, 2.75) is 25.6 Å². The maximum Gasteiger partial charge on any atom is 0.293 e. The zero-order chi connectivity index (χ0) is 27.6. The first-order chi connectivity index (χ1) is 19.0. The average Bonchev–Trinajstić information content (AvgIpc) is 3.23. The molecule has 1 aliphatic rings. The molecule has 0 saturated carbocycles. The van der Waals surface area contributed by atoms with Gasteiger partial charge in [0.1, 0.15) is 24.7 Å². The Morgan fingerprint density at radius 2 is 1.21 bits per heavy atom. The van der Waals surface area contributed by atoms with Gasteiger partial charge in [0.05, 0.1) is 19.6 Å². The third-order valence-corrected chi connectivity index (χ3v) is 7.79. The average molecular weight is 587 g/mol. The normalized spacial score (nSPS) is 12.7. The number of methoxy groups -OCH3 is 2. The van der Waals surface area contributed by atoms with Crippen molar-refractivity contribution in [3.05, 3.63) is 116 Å². The monoisotopic (exact) mass is 586 g/mol. The summed E-state index contributed by atoms with van der Waals surface area (Å²) in [5.41, 5.74) is 8.29. The number of halogens is 1. The molecule has 39 heavy (non-hydrogen) atoms. The van der Waals surface area contributed by atoms with E-state index in [1.54, 1.807) is 14.2 Å². The van der Waals surface area contributed by atoms with Crippen molar-refractivity contribution in [1.82, 2.24) is 0 Å². The second kappa shape index (κ2) is 10.9. The van der Waals surface area contributed by atoms with Crippen molar-refractivity contribution < 1.29 is 28.5 Å². The summed E-state index contributed by atoms with van der Waals surface area (Å²) < 4.78 is 22.5. The summed E-state index contributed by atoms with van der Waals surface area (Å²) in [6.07, 6.45) is 0. The van der Waals surface area contributed by atoms with Gasteiger partial charge in [0.25, 0.3) is 12.9 Å². The van der Waals surface area contributed by atoms with Crippen molar-refractivity contribution in [2.24, 2.45) is 0 Å². The van der Waals surface area contributed by atoms with Gasteiger partial charge in [-0.3, -0.25) is 9.59 Å². The predicted octanol–water partition coefficient (Wildman–Crippen LogP) is 6.48. The number of fused-ring (bicyclic) bond motifs is 3. The Labute approximate surface area is 235 Å². The summed E-state index contributed by atoms with van der Waals surface area (Å²) in [5, 5.41) is 0. The molecule has 5 rings (SSSR count). The largest absolute Gasteiger partial charge is 0.496 e. The van der Waals surface area contributed by atoms with Gasteiger partial charge < -0.3 is 18.9 Å². The Morgan fingerprint density at radius 1 is 0.692 bits per heavy atom. The highest BCUT2D eigenvalue weighted by molar-refractivity contribution is 9.10. The van der Waals surface area contributed by atoms with Crippen LogP contribution in [0, 0.1) is 6.92 Å². The fourth-order valence-electron chi connectivity index (χ4n) is 5.70. The Bertz CT molecular complexity index is 1440. The van der Waals surface area contributed by atoms with Gasteiger partial charge in [-0.25, -0.2) is 0 Å². The van der Waals surface area contributed by atoms with E-state index in [1.165, 1.54) is 0 Å². The van der Waals surface area contributed by atoms with E-state index >= 15 is 0 Å². The quantitative estimate of drug-likeness (QED) is 0.174. The van der Waals surface area contributed by atoms with Gasteiger partial charge in [0, 0.05) is 15.6 Å². The Balaban J connectivity index is 1.90. The number of rotatable bonds is 10. The Morgan fingerprint density at radius 3 is 1.72 bits per heavy atom. The van der Waals surface area contributed by atoms with Crippen LogP contribution in [-0.4, -0.2) is 27.2 Å². The lowest BCUT2D eigenvalue weighted by molar-refractivity contribution is -0.130. The van der Waals surface area contributed by atoms with Crippen molar-refractivity contribution in [3.8, 4) is 22.6 Å². The molecule has 4 aromatic carbocycles. The van der Waals surface area contributed by atoms with Gasteiger partial charge in [0.2, 0.25) is 0 Å². The zero-order valence-electron chi connectivity index (χ0n) is 21.8. The first-order valence-electron chi connectivity index (χ1n) is 12.3. The van der Waals surface area contributed by atoms with Crippen molar-refractivity contribution >= 4 is 28.9 Å². The molecule has 0 heterocycles. The summed E-state index contributed by atoms with van der Waals surface area (Å²) in [4.78, 5) is 22.1. The summed E-state index contributed by atoms with van der Waals surface area (Å²) in [6, 6.07) is 24.8. The number of carbonyl (C=O) groups excluding carboxylic acids is 2. The molecular weight excluding hydrogens is 560 g/mol. The van der Waals surface area contributed by atoms with Crippen LogP contribution in [0.15, 0.2) is 77.3 Å². The minimum Gasteiger partial charge on any atom is -0.496 e. The number of hydrogen-bond donors (Lipinski definition) is 0. The molecule has 7 heteroatoms. The molecular formula is C32H27BrO6. The smallest absolute Gasteiger partial charge is 0.293 e. The number of aryl methyl sites for hydroxylation is 1. The molecule has 0 fully saturated rings. The summed E-state index contributed by atoms with van der Waals surface area (Å²) in [7, 11) is 3.19. The van der Waals surface area contributed by atoms with E-state index in [4.69, 9.17) is 18.9 Å². The number of hydrogen-bond acceptors (Lipinski definition) is 6. The predicted molar refractivity (Wildman–Crippen MR) is 151 cm³/mol. The number of benzene rings is 4. The van der Waals surface area contributed by atoms with Crippen LogP contribution < -0.4 is 9.47 Å². The summed E-state index contributed by atoms with van der Waals surface area (Å²) >= 11 is 3.71. The second-order valence-corrected chi connectivity index (χ2v) is 10.3. The van der Waals surface area contributed by atoms with Crippen LogP contribution in [0.5, 0.6) is 11.5 Å². The van der Waals surface area contributed by atoms with Crippen LogP contribution in [0.1, 0.15) is 38.9 Å². The van der Waals surface area contributed by atoms with Gasteiger partial charge in [0.15, 0.2) is 0 Å². The summed E-state index contributed by atoms with van der Waals surface area (Å²) in [6.45, 7) is 3.10. The van der Waals surface area contributed by atoms with Crippen LogP contribution >= 0.6 is 15.9 Å². The first kappa shape index (κ1) is 26.5. The highest BCUT2D eigenvalue weighted by atomic mass is 79.9. The lowest BCUT2D eigenvalue weighted by atomic mass is 9.67. The molecule has 0 saturated heterocycles. The van der Waals surface area contributed by atoms with E-state index in [0.29, 0.717) is 24.4 Å². The van der Waals surface area contributed by atoms with Crippen LogP contribution in [0.3, 0.4) is 0 Å². The van der Waals surface area contributed by atoms with Gasteiger partial charge in [-0.1, -0.05) is 57.9 Å². The Kier molecular flexibility index (Phi) is 7.44. The van der Waals surface area contributed by atoms with E-state index in [1.807, 2.05) is 30.3 Å². The third-order valence-electron chi connectivity index (χ3n) is 7.30. The molecule has 1 aliphatic carbocycles. The molecule has 0 spiro atoms. The maximum absolute atomic E-state index is 11.1. The van der Waals surface area contributed by atoms with Crippen molar-refractivity contribution in [3.63, 3.8) is 0 Å². The van der Waals surface area contributed by atoms with Crippen LogP contribution in [0.4, 0.5) is 0 Å². The molecule has 0 amide bonds. The van der Waals surface area contributed by atoms with E-state index in [9.17, 15) is 9.59 Å². The fraction of sp³-hybridized carbons (Fsp3) is 0.188. The number of ether oxygens (including phenoxy) is 4. The van der Waals surface area contributed by atoms with E-state index in [-0.39, 0.29) is 13.2 Å². The minimum atomic E-state index is -0.745. The molecule has 0 bridgehead atoms. The first-order valence-corrected chi connectivity index (χ1v) is 13.1. The van der Waals surface area contributed by atoms with E-state index in [2.05, 4.69) is 65.3 Å². The molecule has 0 aromatic heterocycles. The lowest BCUT2D eigenvalue weighted by Gasteiger charge is -2.35. The van der Waals surface area contributed by atoms with Crippen molar-refractivity contribution in [2.75, 3.05) is 14.2 Å². The molecule has 6 nitrogen and oxygen atoms in total. The van der Waals surface area contributed by atoms with Crippen LogP contribution in [0.2, 0.25) is 0 Å². The number of carbonyl (C=O) groups is 2. The van der Waals surface area contributed by atoms with Gasteiger partial charge in [-0.05, 0) is 76.7 Å². The maximum atomic E-state index is 11.1. The SMILES string of the molecule is COc1ccc(C2(c3ccc(OC)c(COC=O)c3)c3cc(C)ccc3-c3ccc(Br)cc32)cc1COC=O. The Hall–Kier alpha value is -4.10. The van der Waals surface area contributed by atoms with Gasteiger partial charge >= 0.3 is 0 Å². The highest BCUT2D eigenvalue weighted by Crippen LogP contribution is 2.57. The second-order valence-electron chi connectivity index (χ2n) is 9.36. The van der Waals surface area contributed by atoms with E-state index < -0.39 is 5.41 Å². The lowest BCUT2D eigenvalue weighted by Crippen LogP contribution is -2.29. The molecule has 0 radical (unpaired) electrons. The zero-order valence-corrected chi connectivity index (χ0v) is 23.4. The van der Waals surface area contributed by atoms with Crippen molar-refractivity contribution in [1.29, 1.82) is 0 Å². The highest BCUT2D eigenvalue weighted by Gasteiger charge is 2.47. The molecule has 0 N–H and O–H groups in total. The summed E-state index contributed by atoms with van der Waals surface area (Å²) in [5.74, 6) is 1.25. The van der Waals surface area contributed by atoms with E-state index in [0.717, 1.165) is 54.5 Å². The standard InChI is InChI=1S/C32H27BrO6/c1-20-4-8-26-27-9-7-25(33)15-29(27)32(28(26)12-20,23-5-10-30(36-2)21(13-23)16-38-18-34)24-6-11-31(37-3)22(14-24)17-39-19-35/h4-15,18-19H,16-17H2,1-3H3. The molecule has 0 atom stereocenters.